The molecule has 12 heteroatoms. The summed E-state index contributed by atoms with van der Waals surface area (Å²) in [6.07, 6.45) is -1.76. The smallest absolute Gasteiger partial charge is 0.421 e. The Morgan fingerprint density at radius 3 is 2.81 bits per heavy atom. The van der Waals surface area contributed by atoms with Gasteiger partial charge in [0.15, 0.2) is 0 Å². The van der Waals surface area contributed by atoms with Crippen molar-refractivity contribution in [2.75, 3.05) is 13.2 Å². The summed E-state index contributed by atoms with van der Waals surface area (Å²) in [7, 11) is 0. The molecule has 168 valence electrons. The summed E-state index contributed by atoms with van der Waals surface area (Å²) in [5, 5.41) is 10.9. The van der Waals surface area contributed by atoms with Crippen LogP contribution in [-0.4, -0.2) is 46.7 Å². The van der Waals surface area contributed by atoms with E-state index in [1.807, 2.05) is 0 Å². The third-order valence-electron chi connectivity index (χ3n) is 4.50. The fourth-order valence-corrected chi connectivity index (χ4v) is 3.10. The Kier molecular flexibility index (Phi) is 7.63. The van der Waals surface area contributed by atoms with Crippen LogP contribution in [0.2, 0.25) is 5.02 Å². The topological polar surface area (TPSA) is 99.4 Å². The average Bonchev–Trinajstić information content (AvgIpc) is 3.13. The Balaban J connectivity index is 1.32. The highest BCUT2D eigenvalue weighted by molar-refractivity contribution is 6.30. The first kappa shape index (κ1) is 23.2. The number of aromatic nitrogens is 3. The van der Waals surface area contributed by atoms with Gasteiger partial charge in [0.05, 0.1) is 17.7 Å². The first-order valence-corrected chi connectivity index (χ1v) is 9.77. The fraction of sp³-hybridized carbons (Fsp3) is 0.474. The Hall–Kier alpha value is -2.50. The minimum absolute atomic E-state index is 0.132. The minimum atomic E-state index is -4.65. The van der Waals surface area contributed by atoms with E-state index in [4.69, 9.17) is 20.8 Å². The Morgan fingerprint density at radius 1 is 1.32 bits per heavy atom. The molecule has 31 heavy (non-hydrogen) atoms. The van der Waals surface area contributed by atoms with Crippen LogP contribution in [-0.2, 0) is 20.9 Å². The molecule has 1 aliphatic rings. The van der Waals surface area contributed by atoms with E-state index >= 15 is 0 Å². The molecule has 0 aromatic carbocycles. The van der Waals surface area contributed by atoms with Crippen LogP contribution < -0.4 is 5.32 Å². The van der Waals surface area contributed by atoms with Crippen molar-refractivity contribution < 1.29 is 31.9 Å². The normalized spacial score (nSPS) is 18.5. The van der Waals surface area contributed by atoms with Crippen LogP contribution in [0.4, 0.5) is 13.2 Å². The highest BCUT2D eigenvalue weighted by Crippen LogP contribution is 2.41. The lowest BCUT2D eigenvalue weighted by Crippen LogP contribution is -2.34. The molecule has 1 saturated carbocycles. The zero-order valence-corrected chi connectivity index (χ0v) is 17.1. The molecule has 2 heterocycles. The molecule has 3 rings (SSSR count). The van der Waals surface area contributed by atoms with Crippen molar-refractivity contribution in [2.45, 2.75) is 44.3 Å². The van der Waals surface area contributed by atoms with Gasteiger partial charge in [-0.1, -0.05) is 18.2 Å². The zero-order valence-electron chi connectivity index (χ0n) is 16.3. The van der Waals surface area contributed by atoms with E-state index in [1.165, 1.54) is 6.20 Å². The van der Waals surface area contributed by atoms with Gasteiger partial charge in [0.25, 0.3) is 0 Å². The number of amides is 1. The molecule has 0 bridgehead atoms. The number of nitrogens with zero attached hydrogens (tertiary/aromatic N) is 3. The van der Waals surface area contributed by atoms with Crippen LogP contribution >= 0.6 is 11.6 Å². The van der Waals surface area contributed by atoms with E-state index < -0.39 is 12.5 Å². The molecule has 1 amide bonds. The predicted molar refractivity (Wildman–Crippen MR) is 103 cm³/mol. The fourth-order valence-electron chi connectivity index (χ4n) is 2.90. The summed E-state index contributed by atoms with van der Waals surface area (Å²) in [6.45, 7) is 4.19. The van der Waals surface area contributed by atoms with E-state index in [2.05, 4.69) is 31.8 Å². The van der Waals surface area contributed by atoms with Crippen LogP contribution in [0.15, 0.2) is 29.5 Å². The van der Waals surface area contributed by atoms with Gasteiger partial charge in [-0.3, -0.25) is 14.5 Å². The van der Waals surface area contributed by atoms with Crippen LogP contribution in [0.5, 0.6) is 0 Å². The molecule has 2 aromatic rings. The maximum absolute atomic E-state index is 12.2. The molecular weight excluding hydrogens is 441 g/mol. The molecule has 8 nitrogen and oxygen atoms in total. The molecule has 2 aromatic heterocycles. The van der Waals surface area contributed by atoms with Crippen molar-refractivity contribution in [3.05, 3.63) is 47.4 Å². The summed E-state index contributed by atoms with van der Waals surface area (Å²) in [5.74, 6) is -0.132. The number of ether oxygens (including phenoxy) is 2. The highest BCUT2D eigenvalue weighted by atomic mass is 35.5. The zero-order chi connectivity index (χ0) is 22.4. The van der Waals surface area contributed by atoms with Gasteiger partial charge < -0.3 is 14.5 Å². The molecule has 1 N–H and O–H groups in total. The van der Waals surface area contributed by atoms with E-state index in [0.717, 1.165) is 5.56 Å². The van der Waals surface area contributed by atoms with Crippen LogP contribution in [0, 0.1) is 0 Å². The van der Waals surface area contributed by atoms with E-state index in [0.29, 0.717) is 17.0 Å². The second-order valence-corrected chi connectivity index (χ2v) is 7.44. The van der Waals surface area contributed by atoms with Gasteiger partial charge in [-0.15, -0.1) is 23.4 Å². The quantitative estimate of drug-likeness (QED) is 0.577. The maximum Gasteiger partial charge on any atom is 0.522 e. The third kappa shape index (κ3) is 7.30. The molecule has 1 fully saturated rings. The predicted octanol–water partition coefficient (Wildman–Crippen LogP) is 3.64. The number of alkyl halides is 3. The Labute approximate surface area is 180 Å². The minimum Gasteiger partial charge on any atom is -0.421 e. The summed E-state index contributed by atoms with van der Waals surface area (Å²) < 4.78 is 51.3. The van der Waals surface area contributed by atoms with Gasteiger partial charge in [-0.25, -0.2) is 0 Å². The average molecular weight is 461 g/mol. The van der Waals surface area contributed by atoms with Gasteiger partial charge in [0.2, 0.25) is 17.7 Å². The number of halogens is 4. The van der Waals surface area contributed by atoms with Crippen molar-refractivity contribution in [3.8, 4) is 0 Å². The van der Waals surface area contributed by atoms with E-state index in [9.17, 15) is 18.0 Å². The Morgan fingerprint density at radius 2 is 2.10 bits per heavy atom. The molecule has 0 saturated heterocycles. The van der Waals surface area contributed by atoms with Crippen molar-refractivity contribution in [2.24, 2.45) is 0 Å². The highest BCUT2D eigenvalue weighted by Gasteiger charge is 2.42. The first-order valence-electron chi connectivity index (χ1n) is 9.39. The molecule has 0 spiro atoms. The van der Waals surface area contributed by atoms with Crippen molar-refractivity contribution in [1.82, 2.24) is 20.5 Å². The second kappa shape index (κ2) is 10.2. The van der Waals surface area contributed by atoms with Crippen LogP contribution in [0.25, 0.3) is 5.57 Å². The molecule has 0 aliphatic heterocycles. The molecule has 0 atom stereocenters. The number of nitrogens with one attached hydrogen (secondary N) is 1. The van der Waals surface area contributed by atoms with Gasteiger partial charge in [0.1, 0.15) is 6.61 Å². The van der Waals surface area contributed by atoms with E-state index in [-0.39, 0.29) is 56.2 Å². The number of carbonyl (C=O) groups is 1. The summed E-state index contributed by atoms with van der Waals surface area (Å²) in [5.41, 5.74) is 1.26. The Bertz CT molecular complexity index is 916. The summed E-state index contributed by atoms with van der Waals surface area (Å²) >= 11 is 5.83. The van der Waals surface area contributed by atoms with Crippen LogP contribution in [0.1, 0.15) is 42.5 Å². The lowest BCUT2D eigenvalue weighted by molar-refractivity contribution is -0.352. The summed E-state index contributed by atoms with van der Waals surface area (Å²) in [4.78, 5) is 15.8. The van der Waals surface area contributed by atoms with Crippen molar-refractivity contribution in [1.29, 1.82) is 0 Å². The first-order chi connectivity index (χ1) is 14.7. The van der Waals surface area contributed by atoms with Gasteiger partial charge >= 0.3 is 6.36 Å². The molecule has 1 aliphatic carbocycles. The monoisotopic (exact) mass is 460 g/mol. The standard InChI is InChI=1S/C19H20ClF3N4O4/c1-11(2-3-25-16(28)10-29-9-12-4-14(20)8-24-7-12)17-26-27-18(30-17)13-5-15(6-13)31-19(21,22)23/h4,7-8,13,15H,1-3,5-6,9-10H2,(H,25,28). The van der Waals surface area contributed by atoms with Crippen LogP contribution in [0.3, 0.4) is 0 Å². The molecule has 0 unspecified atom stereocenters. The largest absolute Gasteiger partial charge is 0.522 e. The molecular formula is C19H20ClF3N4O4. The van der Waals surface area contributed by atoms with Gasteiger partial charge in [0, 0.05) is 30.4 Å². The van der Waals surface area contributed by atoms with Crippen molar-refractivity contribution in [3.63, 3.8) is 0 Å². The number of pyridine rings is 1. The second-order valence-electron chi connectivity index (χ2n) is 7.01. The number of hydrogen-bond donors (Lipinski definition) is 1. The lowest BCUT2D eigenvalue weighted by Gasteiger charge is -2.32. The van der Waals surface area contributed by atoms with E-state index in [1.54, 1.807) is 12.3 Å². The maximum atomic E-state index is 12.2. The lowest BCUT2D eigenvalue weighted by atomic mass is 9.82. The summed E-state index contributed by atoms with van der Waals surface area (Å²) in [6, 6.07) is 1.70. The van der Waals surface area contributed by atoms with Gasteiger partial charge in [-0.2, -0.15) is 0 Å². The van der Waals surface area contributed by atoms with Crippen molar-refractivity contribution >= 4 is 23.1 Å². The number of hydrogen-bond acceptors (Lipinski definition) is 7. The number of carbonyl (C=O) groups excluding carboxylic acids is 1. The third-order valence-corrected chi connectivity index (χ3v) is 4.71. The SMILES string of the molecule is C=C(CCNC(=O)COCc1cncc(Cl)c1)c1nnc(C2CC(OC(F)(F)F)C2)o1. The molecule has 0 radical (unpaired) electrons. The van der Waals surface area contributed by atoms with Gasteiger partial charge in [-0.05, 0) is 30.9 Å². The number of rotatable bonds is 10.